The molecule has 1 aromatic rings. The van der Waals surface area contributed by atoms with Gasteiger partial charge in [0, 0.05) is 18.4 Å². The molecular weight excluding hydrogens is 172 g/mol. The second kappa shape index (κ2) is 4.24. The minimum absolute atomic E-state index is 0.0475. The van der Waals surface area contributed by atoms with Crippen molar-refractivity contribution in [2.24, 2.45) is 5.73 Å². The van der Waals surface area contributed by atoms with Gasteiger partial charge >= 0.3 is 0 Å². The van der Waals surface area contributed by atoms with Crippen LogP contribution < -0.4 is 5.73 Å². The number of nitrogens with zero attached hydrogens (tertiary/aromatic N) is 1. The molecule has 1 unspecified atom stereocenters. The van der Waals surface area contributed by atoms with Crippen molar-refractivity contribution in [3.63, 3.8) is 0 Å². The number of nitrogens with two attached hydrogens (primary N) is 1. The molecule has 1 heterocycles. The molecule has 3 heteroatoms. The third-order valence-corrected chi connectivity index (χ3v) is 1.78. The van der Waals surface area contributed by atoms with E-state index in [1.807, 2.05) is 6.07 Å². The molecule has 0 saturated heterocycles. The lowest BCUT2D eigenvalue weighted by Gasteiger charge is -2.08. The highest BCUT2D eigenvalue weighted by atomic mass is 35.5. The smallest absolute Gasteiger partial charge is 0.0592 e. The first kappa shape index (κ1) is 9.23. The molecule has 0 amide bonds. The average molecular weight is 183 g/mol. The number of hydrogen-bond donors (Lipinski definition) is 1. The first-order valence-electron chi connectivity index (χ1n) is 3.71. The van der Waals surface area contributed by atoms with E-state index < -0.39 is 0 Å². The van der Waals surface area contributed by atoms with Crippen molar-refractivity contribution in [3.8, 4) is 0 Å². The Kier molecular flexibility index (Phi) is 3.26. The maximum Gasteiger partial charge on any atom is 0.0592 e. The topological polar surface area (TPSA) is 38.9 Å². The fourth-order valence-corrected chi connectivity index (χ4v) is 1.13. The molecular formula is C9H11ClN2. The molecule has 0 aliphatic rings. The quantitative estimate of drug-likeness (QED) is 0.729. The Balaban J connectivity index is 2.80. The summed E-state index contributed by atoms with van der Waals surface area (Å²) in [5, 5.41) is 0.618. The van der Waals surface area contributed by atoms with Gasteiger partial charge in [-0.2, -0.15) is 0 Å². The zero-order valence-corrected chi connectivity index (χ0v) is 7.46. The molecule has 0 radical (unpaired) electrons. The Hall–Kier alpha value is -0.860. The van der Waals surface area contributed by atoms with Crippen LogP contribution in [0.2, 0.25) is 5.02 Å². The minimum Gasteiger partial charge on any atom is -0.324 e. The fourth-order valence-electron chi connectivity index (χ4n) is 0.947. The second-order valence-electron chi connectivity index (χ2n) is 2.57. The summed E-state index contributed by atoms with van der Waals surface area (Å²) in [6, 6.07) is 1.77. The van der Waals surface area contributed by atoms with Gasteiger partial charge in [-0.15, -0.1) is 6.58 Å². The highest BCUT2D eigenvalue weighted by Crippen LogP contribution is 2.16. The summed E-state index contributed by atoms with van der Waals surface area (Å²) in [6.07, 6.45) is 5.83. The van der Waals surface area contributed by atoms with Gasteiger partial charge < -0.3 is 5.73 Å². The van der Waals surface area contributed by atoms with E-state index in [2.05, 4.69) is 11.6 Å². The van der Waals surface area contributed by atoms with Crippen molar-refractivity contribution < 1.29 is 0 Å². The van der Waals surface area contributed by atoms with Crippen LogP contribution in [0.3, 0.4) is 0 Å². The molecule has 0 spiro atoms. The molecule has 2 N–H and O–H groups in total. The Bertz CT molecular complexity index is 273. The van der Waals surface area contributed by atoms with E-state index in [0.29, 0.717) is 5.02 Å². The molecule has 0 aliphatic carbocycles. The van der Waals surface area contributed by atoms with Crippen molar-refractivity contribution in [1.29, 1.82) is 0 Å². The van der Waals surface area contributed by atoms with Gasteiger partial charge in [0.15, 0.2) is 0 Å². The predicted octanol–water partition coefficient (Wildman–Crippen LogP) is 2.31. The van der Waals surface area contributed by atoms with Crippen molar-refractivity contribution >= 4 is 11.6 Å². The predicted molar refractivity (Wildman–Crippen MR) is 51.0 cm³/mol. The Morgan fingerprint density at radius 3 is 3.00 bits per heavy atom. The summed E-state index contributed by atoms with van der Waals surface area (Å²) >= 11 is 5.75. The highest BCUT2D eigenvalue weighted by Gasteiger charge is 2.03. The van der Waals surface area contributed by atoms with Gasteiger partial charge in [-0.25, -0.2) is 0 Å². The first-order valence-corrected chi connectivity index (χ1v) is 4.08. The molecule has 0 bridgehead atoms. The SMILES string of the molecule is C=CCC(N)c1cncc(Cl)c1. The van der Waals surface area contributed by atoms with Crippen molar-refractivity contribution in [3.05, 3.63) is 41.7 Å². The van der Waals surface area contributed by atoms with Crippen LogP contribution in [0.4, 0.5) is 0 Å². The average Bonchev–Trinajstić information content (AvgIpc) is 2.05. The number of hydrogen-bond acceptors (Lipinski definition) is 2. The first-order chi connectivity index (χ1) is 5.74. The van der Waals surface area contributed by atoms with Gasteiger partial charge in [0.05, 0.1) is 5.02 Å². The van der Waals surface area contributed by atoms with E-state index in [4.69, 9.17) is 17.3 Å². The molecule has 0 aromatic carbocycles. The van der Waals surface area contributed by atoms with Crippen LogP contribution in [0.5, 0.6) is 0 Å². The molecule has 12 heavy (non-hydrogen) atoms. The molecule has 1 atom stereocenters. The standard InChI is InChI=1S/C9H11ClN2/c1-2-3-9(11)7-4-8(10)6-12-5-7/h2,4-6,9H,1,3,11H2. The van der Waals surface area contributed by atoms with Crippen molar-refractivity contribution in [2.75, 3.05) is 0 Å². The third kappa shape index (κ3) is 2.32. The molecule has 1 rings (SSSR count). The molecule has 64 valence electrons. The number of rotatable bonds is 3. The lowest BCUT2D eigenvalue weighted by molar-refractivity contribution is 0.737. The maximum absolute atomic E-state index is 5.80. The van der Waals surface area contributed by atoms with Crippen LogP contribution in [-0.4, -0.2) is 4.98 Å². The highest BCUT2D eigenvalue weighted by molar-refractivity contribution is 6.30. The molecule has 2 nitrogen and oxygen atoms in total. The van der Waals surface area contributed by atoms with Crippen molar-refractivity contribution in [1.82, 2.24) is 4.98 Å². The molecule has 0 saturated carbocycles. The van der Waals surface area contributed by atoms with Gasteiger partial charge in [0.2, 0.25) is 0 Å². The zero-order valence-electron chi connectivity index (χ0n) is 6.70. The normalized spacial score (nSPS) is 12.5. The van der Waals surface area contributed by atoms with Gasteiger partial charge in [0.25, 0.3) is 0 Å². The van der Waals surface area contributed by atoms with E-state index in [1.165, 1.54) is 0 Å². The van der Waals surface area contributed by atoms with E-state index in [1.54, 1.807) is 18.5 Å². The van der Waals surface area contributed by atoms with Crippen LogP contribution in [0, 0.1) is 0 Å². The van der Waals surface area contributed by atoms with E-state index in [-0.39, 0.29) is 6.04 Å². The van der Waals surface area contributed by atoms with Crippen molar-refractivity contribution in [2.45, 2.75) is 12.5 Å². The van der Waals surface area contributed by atoms with Gasteiger partial charge in [0.1, 0.15) is 0 Å². The number of halogens is 1. The zero-order chi connectivity index (χ0) is 8.97. The summed E-state index contributed by atoms with van der Waals surface area (Å²) in [4.78, 5) is 3.94. The Labute approximate surface area is 77.1 Å². The minimum atomic E-state index is -0.0475. The fraction of sp³-hybridized carbons (Fsp3) is 0.222. The van der Waals surface area contributed by atoms with E-state index in [9.17, 15) is 0 Å². The molecule has 0 aliphatic heterocycles. The monoisotopic (exact) mass is 182 g/mol. The molecule has 0 fully saturated rings. The number of aromatic nitrogens is 1. The summed E-state index contributed by atoms with van der Waals surface area (Å²) in [7, 11) is 0. The molecule has 1 aromatic heterocycles. The Morgan fingerprint density at radius 2 is 2.42 bits per heavy atom. The van der Waals surface area contributed by atoms with Crippen LogP contribution >= 0.6 is 11.6 Å². The van der Waals surface area contributed by atoms with Gasteiger partial charge in [-0.3, -0.25) is 4.98 Å². The summed E-state index contributed by atoms with van der Waals surface area (Å²) in [5.41, 5.74) is 6.75. The second-order valence-corrected chi connectivity index (χ2v) is 3.00. The van der Waals surface area contributed by atoms with E-state index >= 15 is 0 Å². The summed E-state index contributed by atoms with van der Waals surface area (Å²) < 4.78 is 0. The van der Waals surface area contributed by atoms with Gasteiger partial charge in [-0.05, 0) is 18.1 Å². The van der Waals surface area contributed by atoms with E-state index in [0.717, 1.165) is 12.0 Å². The summed E-state index contributed by atoms with van der Waals surface area (Å²) in [6.45, 7) is 3.62. The lowest BCUT2D eigenvalue weighted by Crippen LogP contribution is -2.08. The summed E-state index contributed by atoms with van der Waals surface area (Å²) in [5.74, 6) is 0. The number of pyridine rings is 1. The van der Waals surface area contributed by atoms with Crippen LogP contribution in [-0.2, 0) is 0 Å². The third-order valence-electron chi connectivity index (χ3n) is 1.57. The maximum atomic E-state index is 5.80. The van der Waals surface area contributed by atoms with Gasteiger partial charge in [-0.1, -0.05) is 17.7 Å². The van der Waals surface area contributed by atoms with Crippen LogP contribution in [0.15, 0.2) is 31.1 Å². The van der Waals surface area contributed by atoms with Crippen LogP contribution in [0.1, 0.15) is 18.0 Å². The largest absolute Gasteiger partial charge is 0.324 e. The van der Waals surface area contributed by atoms with Crippen LogP contribution in [0.25, 0.3) is 0 Å². The lowest BCUT2D eigenvalue weighted by atomic mass is 10.1. The Morgan fingerprint density at radius 1 is 1.67 bits per heavy atom.